The molecule has 2 aromatic rings. The molecule has 1 aromatic heterocycles. The van der Waals surface area contributed by atoms with Crippen molar-refractivity contribution in [2.24, 2.45) is 0 Å². The number of amides is 2. The molecular formula is C13H12N4O2. The van der Waals surface area contributed by atoms with Crippen LogP contribution in [-0.2, 0) is 6.42 Å². The SMILES string of the molecule is O=C1c2ccccc2C(=O)N1CCCc1ncn[nH]1. The lowest BCUT2D eigenvalue weighted by Crippen LogP contribution is -2.31. The van der Waals surface area contributed by atoms with E-state index in [2.05, 4.69) is 15.2 Å². The number of benzene rings is 1. The Hall–Kier alpha value is -2.50. The topological polar surface area (TPSA) is 79.0 Å². The van der Waals surface area contributed by atoms with Gasteiger partial charge in [0.2, 0.25) is 0 Å². The van der Waals surface area contributed by atoms with Gasteiger partial charge in [-0.25, -0.2) is 4.98 Å². The van der Waals surface area contributed by atoms with E-state index in [9.17, 15) is 9.59 Å². The minimum absolute atomic E-state index is 0.210. The third-order valence-corrected chi connectivity index (χ3v) is 3.14. The van der Waals surface area contributed by atoms with Crippen LogP contribution in [0.25, 0.3) is 0 Å². The van der Waals surface area contributed by atoms with Gasteiger partial charge < -0.3 is 0 Å². The van der Waals surface area contributed by atoms with Crippen molar-refractivity contribution >= 4 is 11.8 Å². The molecule has 96 valence electrons. The van der Waals surface area contributed by atoms with Crippen molar-refractivity contribution in [1.82, 2.24) is 20.1 Å². The molecule has 1 N–H and O–H groups in total. The Bertz CT molecular complexity index is 586. The van der Waals surface area contributed by atoms with Crippen LogP contribution in [0.15, 0.2) is 30.6 Å². The zero-order valence-electron chi connectivity index (χ0n) is 10.2. The number of aromatic amines is 1. The summed E-state index contributed by atoms with van der Waals surface area (Å²) in [6.07, 6.45) is 2.77. The molecule has 0 saturated heterocycles. The van der Waals surface area contributed by atoms with E-state index < -0.39 is 0 Å². The molecule has 0 aliphatic carbocycles. The predicted molar refractivity (Wildman–Crippen MR) is 66.5 cm³/mol. The molecule has 0 saturated carbocycles. The molecule has 19 heavy (non-hydrogen) atoms. The maximum absolute atomic E-state index is 12.1. The Morgan fingerprint density at radius 3 is 2.37 bits per heavy atom. The van der Waals surface area contributed by atoms with Gasteiger partial charge in [-0.3, -0.25) is 19.6 Å². The summed E-state index contributed by atoms with van der Waals surface area (Å²) in [5.41, 5.74) is 0.985. The number of hydrogen-bond acceptors (Lipinski definition) is 4. The first-order chi connectivity index (χ1) is 9.27. The first-order valence-corrected chi connectivity index (χ1v) is 6.07. The highest BCUT2D eigenvalue weighted by atomic mass is 16.2. The zero-order chi connectivity index (χ0) is 13.2. The Morgan fingerprint density at radius 1 is 1.11 bits per heavy atom. The molecule has 0 atom stereocenters. The summed E-state index contributed by atoms with van der Waals surface area (Å²) < 4.78 is 0. The Labute approximate surface area is 109 Å². The van der Waals surface area contributed by atoms with Crippen LogP contribution in [0.3, 0.4) is 0 Å². The van der Waals surface area contributed by atoms with Crippen molar-refractivity contribution in [3.63, 3.8) is 0 Å². The Kier molecular flexibility index (Phi) is 2.83. The van der Waals surface area contributed by atoms with Gasteiger partial charge in [-0.05, 0) is 18.6 Å². The number of nitrogens with zero attached hydrogens (tertiary/aromatic N) is 3. The van der Waals surface area contributed by atoms with E-state index >= 15 is 0 Å². The molecule has 6 heteroatoms. The van der Waals surface area contributed by atoms with Crippen LogP contribution in [0.4, 0.5) is 0 Å². The number of fused-ring (bicyclic) bond motifs is 1. The van der Waals surface area contributed by atoms with E-state index in [1.165, 1.54) is 11.2 Å². The molecule has 0 unspecified atom stereocenters. The fourth-order valence-corrected chi connectivity index (χ4v) is 2.20. The highest BCUT2D eigenvalue weighted by Crippen LogP contribution is 2.22. The highest BCUT2D eigenvalue weighted by molar-refractivity contribution is 6.21. The smallest absolute Gasteiger partial charge is 0.261 e. The predicted octanol–water partition coefficient (Wildman–Crippen LogP) is 1.03. The number of carbonyl (C=O) groups is 2. The van der Waals surface area contributed by atoms with Gasteiger partial charge in [-0.15, -0.1) is 0 Å². The second-order valence-corrected chi connectivity index (χ2v) is 4.34. The standard InChI is InChI=1S/C13H12N4O2/c18-12-9-4-1-2-5-10(9)13(19)17(12)7-3-6-11-14-8-15-16-11/h1-2,4-5,8H,3,6-7H2,(H,14,15,16). The largest absolute Gasteiger partial charge is 0.274 e. The molecule has 0 radical (unpaired) electrons. The van der Waals surface area contributed by atoms with E-state index in [-0.39, 0.29) is 11.8 Å². The number of aromatic nitrogens is 3. The van der Waals surface area contributed by atoms with Gasteiger partial charge in [0.15, 0.2) is 0 Å². The van der Waals surface area contributed by atoms with Crippen LogP contribution in [-0.4, -0.2) is 38.4 Å². The van der Waals surface area contributed by atoms with E-state index in [1.807, 2.05) is 0 Å². The van der Waals surface area contributed by atoms with Crippen molar-refractivity contribution in [3.05, 3.63) is 47.5 Å². The number of rotatable bonds is 4. The second kappa shape index (κ2) is 4.64. The number of hydrogen-bond donors (Lipinski definition) is 1. The van der Waals surface area contributed by atoms with Gasteiger partial charge in [-0.2, -0.15) is 5.10 Å². The molecule has 2 heterocycles. The van der Waals surface area contributed by atoms with Gasteiger partial charge in [0.1, 0.15) is 12.2 Å². The molecule has 2 amide bonds. The van der Waals surface area contributed by atoms with Crippen LogP contribution in [0.1, 0.15) is 33.0 Å². The van der Waals surface area contributed by atoms with Crippen LogP contribution < -0.4 is 0 Å². The monoisotopic (exact) mass is 256 g/mol. The zero-order valence-corrected chi connectivity index (χ0v) is 10.2. The molecule has 0 bridgehead atoms. The quantitative estimate of drug-likeness (QED) is 0.829. The molecule has 0 spiro atoms. The first-order valence-electron chi connectivity index (χ1n) is 6.07. The summed E-state index contributed by atoms with van der Waals surface area (Å²) in [5, 5.41) is 6.50. The molecule has 1 aliphatic rings. The molecule has 3 rings (SSSR count). The molecular weight excluding hydrogens is 244 g/mol. The van der Waals surface area contributed by atoms with E-state index in [0.29, 0.717) is 30.5 Å². The summed E-state index contributed by atoms with van der Waals surface area (Å²) >= 11 is 0. The number of aryl methyl sites for hydroxylation is 1. The molecule has 0 fully saturated rings. The van der Waals surface area contributed by atoms with E-state index in [0.717, 1.165) is 5.82 Å². The normalized spacial score (nSPS) is 14.0. The van der Waals surface area contributed by atoms with Gasteiger partial charge in [0, 0.05) is 13.0 Å². The third-order valence-electron chi connectivity index (χ3n) is 3.14. The van der Waals surface area contributed by atoms with Crippen LogP contribution in [0.5, 0.6) is 0 Å². The van der Waals surface area contributed by atoms with Crippen LogP contribution >= 0.6 is 0 Å². The minimum Gasteiger partial charge on any atom is -0.274 e. The fourth-order valence-electron chi connectivity index (χ4n) is 2.20. The third kappa shape index (κ3) is 2.01. The first kappa shape index (κ1) is 11.6. The number of nitrogens with one attached hydrogen (secondary N) is 1. The molecule has 6 nitrogen and oxygen atoms in total. The second-order valence-electron chi connectivity index (χ2n) is 4.34. The van der Waals surface area contributed by atoms with Crippen LogP contribution in [0, 0.1) is 0 Å². The Balaban J connectivity index is 1.67. The van der Waals surface area contributed by atoms with E-state index in [1.54, 1.807) is 24.3 Å². The summed E-state index contributed by atoms with van der Waals surface area (Å²) in [6.45, 7) is 0.396. The van der Waals surface area contributed by atoms with Crippen molar-refractivity contribution in [3.8, 4) is 0 Å². The van der Waals surface area contributed by atoms with Crippen molar-refractivity contribution in [1.29, 1.82) is 0 Å². The maximum atomic E-state index is 12.1. The van der Waals surface area contributed by atoms with E-state index in [4.69, 9.17) is 0 Å². The lowest BCUT2D eigenvalue weighted by atomic mass is 10.1. The van der Waals surface area contributed by atoms with Crippen molar-refractivity contribution < 1.29 is 9.59 Å². The lowest BCUT2D eigenvalue weighted by molar-refractivity contribution is 0.0652. The van der Waals surface area contributed by atoms with Gasteiger partial charge in [0.05, 0.1) is 11.1 Å². The van der Waals surface area contributed by atoms with Crippen molar-refractivity contribution in [2.45, 2.75) is 12.8 Å². The van der Waals surface area contributed by atoms with Gasteiger partial charge in [0.25, 0.3) is 11.8 Å². The molecule has 1 aliphatic heterocycles. The number of H-pyrrole nitrogens is 1. The summed E-state index contributed by atoms with van der Waals surface area (Å²) in [6, 6.07) is 6.90. The summed E-state index contributed by atoms with van der Waals surface area (Å²) in [4.78, 5) is 29.4. The Morgan fingerprint density at radius 2 is 1.79 bits per heavy atom. The summed E-state index contributed by atoms with van der Waals surface area (Å²) in [5.74, 6) is 0.341. The number of carbonyl (C=O) groups excluding carboxylic acids is 2. The van der Waals surface area contributed by atoms with Crippen LogP contribution in [0.2, 0.25) is 0 Å². The van der Waals surface area contributed by atoms with Gasteiger partial charge in [-0.1, -0.05) is 12.1 Å². The van der Waals surface area contributed by atoms with Gasteiger partial charge >= 0.3 is 0 Å². The average Bonchev–Trinajstić information content (AvgIpc) is 3.02. The molecule has 1 aromatic carbocycles. The average molecular weight is 256 g/mol. The van der Waals surface area contributed by atoms with Crippen molar-refractivity contribution in [2.75, 3.05) is 6.54 Å². The maximum Gasteiger partial charge on any atom is 0.261 e. The highest BCUT2D eigenvalue weighted by Gasteiger charge is 2.34. The number of imide groups is 1. The lowest BCUT2D eigenvalue weighted by Gasteiger charge is -2.12. The minimum atomic E-state index is -0.210. The fraction of sp³-hybridized carbons (Fsp3) is 0.231. The summed E-state index contributed by atoms with van der Waals surface area (Å²) in [7, 11) is 0.